The number of morpholine rings is 1. The Kier molecular flexibility index (Phi) is 5.98. The molecule has 0 N–H and O–H groups in total. The molecule has 0 unspecified atom stereocenters. The van der Waals surface area contributed by atoms with E-state index in [4.69, 9.17) is 9.15 Å². The average molecular weight is 391 g/mol. The Balaban J connectivity index is 1.48. The summed E-state index contributed by atoms with van der Waals surface area (Å²) in [7, 11) is 0. The van der Waals surface area contributed by atoms with Crippen LogP contribution in [0.15, 0.2) is 28.0 Å². The van der Waals surface area contributed by atoms with E-state index in [9.17, 15) is 4.79 Å². The smallest absolute Gasteiger partial charge is 0.233 e. The van der Waals surface area contributed by atoms with Gasteiger partial charge >= 0.3 is 0 Å². The van der Waals surface area contributed by atoms with Crippen LogP contribution in [0.25, 0.3) is 0 Å². The van der Waals surface area contributed by atoms with Crippen LogP contribution in [0.5, 0.6) is 0 Å². The van der Waals surface area contributed by atoms with Crippen molar-refractivity contribution in [3.05, 3.63) is 24.2 Å². The molecule has 9 heteroatoms. The molecule has 4 rings (SSSR count). The maximum Gasteiger partial charge on any atom is 0.233 e. The molecule has 27 heavy (non-hydrogen) atoms. The molecule has 0 atom stereocenters. The van der Waals surface area contributed by atoms with Gasteiger partial charge in [0.1, 0.15) is 5.76 Å². The highest BCUT2D eigenvalue weighted by atomic mass is 32.2. The molecule has 146 valence electrons. The highest BCUT2D eigenvalue weighted by Crippen LogP contribution is 2.25. The lowest BCUT2D eigenvalue weighted by Gasteiger charge is -2.28. The number of rotatable bonds is 6. The van der Waals surface area contributed by atoms with Crippen molar-refractivity contribution in [2.24, 2.45) is 0 Å². The van der Waals surface area contributed by atoms with Crippen molar-refractivity contribution in [2.75, 3.05) is 50.0 Å². The third kappa shape index (κ3) is 4.47. The number of amides is 1. The van der Waals surface area contributed by atoms with E-state index in [-0.39, 0.29) is 5.91 Å². The normalized spacial score (nSPS) is 18.1. The number of piperidine rings is 1. The monoisotopic (exact) mass is 391 g/mol. The molecule has 0 radical (unpaired) electrons. The van der Waals surface area contributed by atoms with Crippen molar-refractivity contribution in [3.63, 3.8) is 0 Å². The summed E-state index contributed by atoms with van der Waals surface area (Å²) in [5, 5.41) is 9.53. The molecule has 2 aliphatic heterocycles. The third-order valence-electron chi connectivity index (χ3n) is 4.92. The summed E-state index contributed by atoms with van der Waals surface area (Å²) in [5.41, 5.74) is 0. The van der Waals surface area contributed by atoms with E-state index < -0.39 is 0 Å². The number of hydrogen-bond acceptors (Lipinski definition) is 7. The molecule has 2 aromatic rings. The summed E-state index contributed by atoms with van der Waals surface area (Å²) in [5.74, 6) is 2.22. The Morgan fingerprint density at radius 3 is 2.67 bits per heavy atom. The first-order valence-electron chi connectivity index (χ1n) is 9.50. The lowest BCUT2D eigenvalue weighted by atomic mass is 10.1. The second kappa shape index (κ2) is 8.79. The van der Waals surface area contributed by atoms with Gasteiger partial charge in [-0.05, 0) is 31.4 Å². The van der Waals surface area contributed by atoms with Crippen LogP contribution < -0.4 is 4.90 Å². The number of carbonyl (C=O) groups excluding carboxylic acids is 1. The standard InChI is InChI=1S/C18H25N5O3S/c24-16(21-6-2-1-3-7-21)14-27-18-20-19-17(22-8-11-25-12-9-22)23(18)13-15-5-4-10-26-15/h4-5,10H,1-3,6-9,11-14H2. The fourth-order valence-corrected chi connectivity index (χ4v) is 4.28. The number of ether oxygens (including phenoxy) is 1. The minimum atomic E-state index is 0.181. The largest absolute Gasteiger partial charge is 0.467 e. The predicted molar refractivity (Wildman–Crippen MR) is 102 cm³/mol. The average Bonchev–Trinajstić information content (AvgIpc) is 3.38. The first kappa shape index (κ1) is 18.4. The zero-order valence-electron chi connectivity index (χ0n) is 15.4. The zero-order valence-corrected chi connectivity index (χ0v) is 16.2. The molecule has 4 heterocycles. The minimum absolute atomic E-state index is 0.181. The van der Waals surface area contributed by atoms with Crippen LogP contribution in [0.4, 0.5) is 5.95 Å². The van der Waals surface area contributed by atoms with Crippen LogP contribution >= 0.6 is 11.8 Å². The van der Waals surface area contributed by atoms with Crippen LogP contribution in [0.2, 0.25) is 0 Å². The molecule has 2 aliphatic rings. The van der Waals surface area contributed by atoms with Crippen molar-refractivity contribution in [1.82, 2.24) is 19.7 Å². The summed E-state index contributed by atoms with van der Waals surface area (Å²) >= 11 is 1.45. The van der Waals surface area contributed by atoms with Gasteiger partial charge in [-0.2, -0.15) is 0 Å². The number of nitrogens with zero attached hydrogens (tertiary/aromatic N) is 5. The van der Waals surface area contributed by atoms with E-state index in [0.717, 1.165) is 55.9 Å². The Labute approximate surface area is 162 Å². The van der Waals surface area contributed by atoms with Gasteiger partial charge in [0.2, 0.25) is 11.9 Å². The van der Waals surface area contributed by atoms with E-state index in [0.29, 0.717) is 25.5 Å². The number of carbonyl (C=O) groups is 1. The van der Waals surface area contributed by atoms with Gasteiger partial charge in [0.05, 0.1) is 31.8 Å². The maximum atomic E-state index is 12.5. The molecule has 8 nitrogen and oxygen atoms in total. The Bertz CT molecular complexity index is 736. The van der Waals surface area contributed by atoms with Crippen LogP contribution in [0.3, 0.4) is 0 Å². The molecule has 0 spiro atoms. The molecular formula is C18H25N5O3S. The second-order valence-electron chi connectivity index (χ2n) is 6.78. The quantitative estimate of drug-likeness (QED) is 0.696. The summed E-state index contributed by atoms with van der Waals surface area (Å²) in [6.45, 7) is 5.23. The molecule has 0 bridgehead atoms. The van der Waals surface area contributed by atoms with Crippen molar-refractivity contribution in [1.29, 1.82) is 0 Å². The Morgan fingerprint density at radius 2 is 1.93 bits per heavy atom. The summed E-state index contributed by atoms with van der Waals surface area (Å²) in [6.07, 6.45) is 5.09. The van der Waals surface area contributed by atoms with Gasteiger partial charge in [0, 0.05) is 26.2 Å². The molecule has 0 aliphatic carbocycles. The van der Waals surface area contributed by atoms with Crippen molar-refractivity contribution in [3.8, 4) is 0 Å². The highest BCUT2D eigenvalue weighted by molar-refractivity contribution is 7.99. The van der Waals surface area contributed by atoms with Gasteiger partial charge in [-0.15, -0.1) is 10.2 Å². The number of thioether (sulfide) groups is 1. The molecular weight excluding hydrogens is 366 g/mol. The number of anilines is 1. The van der Waals surface area contributed by atoms with Gasteiger partial charge in [-0.3, -0.25) is 9.36 Å². The zero-order chi connectivity index (χ0) is 18.5. The second-order valence-corrected chi connectivity index (χ2v) is 7.72. The predicted octanol–water partition coefficient (Wildman–Crippen LogP) is 1.86. The van der Waals surface area contributed by atoms with E-state index in [1.165, 1.54) is 18.2 Å². The molecule has 0 saturated carbocycles. The molecule has 2 aromatic heterocycles. The first-order valence-corrected chi connectivity index (χ1v) is 10.5. The number of likely N-dealkylation sites (tertiary alicyclic amines) is 1. The van der Waals surface area contributed by atoms with Crippen LogP contribution in [-0.4, -0.2) is 70.7 Å². The van der Waals surface area contributed by atoms with Crippen molar-refractivity contribution < 1.29 is 13.9 Å². The number of hydrogen-bond donors (Lipinski definition) is 0. The van der Waals surface area contributed by atoms with E-state index >= 15 is 0 Å². The Morgan fingerprint density at radius 1 is 1.11 bits per heavy atom. The first-order chi connectivity index (χ1) is 13.3. The van der Waals surface area contributed by atoms with Gasteiger partial charge in [0.15, 0.2) is 5.16 Å². The van der Waals surface area contributed by atoms with Crippen LogP contribution in [0.1, 0.15) is 25.0 Å². The number of furan rings is 1. The van der Waals surface area contributed by atoms with Crippen LogP contribution in [-0.2, 0) is 16.1 Å². The lowest BCUT2D eigenvalue weighted by molar-refractivity contribution is -0.129. The molecule has 0 aromatic carbocycles. The minimum Gasteiger partial charge on any atom is -0.467 e. The summed E-state index contributed by atoms with van der Waals surface area (Å²) in [6, 6.07) is 3.82. The van der Waals surface area contributed by atoms with Gasteiger partial charge in [-0.1, -0.05) is 11.8 Å². The van der Waals surface area contributed by atoms with E-state index in [1.807, 2.05) is 21.6 Å². The van der Waals surface area contributed by atoms with Gasteiger partial charge in [0.25, 0.3) is 0 Å². The van der Waals surface area contributed by atoms with Crippen LogP contribution in [0, 0.1) is 0 Å². The summed E-state index contributed by atoms with van der Waals surface area (Å²) < 4.78 is 13.0. The lowest BCUT2D eigenvalue weighted by Crippen LogP contribution is -2.38. The topological polar surface area (TPSA) is 76.6 Å². The Hall–Kier alpha value is -2.00. The van der Waals surface area contributed by atoms with Crippen molar-refractivity contribution in [2.45, 2.75) is 31.0 Å². The summed E-state index contributed by atoms with van der Waals surface area (Å²) in [4.78, 5) is 16.7. The fraction of sp³-hybridized carbons (Fsp3) is 0.611. The van der Waals surface area contributed by atoms with E-state index in [1.54, 1.807) is 6.26 Å². The molecule has 2 saturated heterocycles. The number of aromatic nitrogens is 3. The molecule has 1 amide bonds. The fourth-order valence-electron chi connectivity index (χ4n) is 3.44. The maximum absolute atomic E-state index is 12.5. The van der Waals surface area contributed by atoms with E-state index in [2.05, 4.69) is 15.1 Å². The highest BCUT2D eigenvalue weighted by Gasteiger charge is 2.23. The molecule has 2 fully saturated rings. The van der Waals surface area contributed by atoms with Gasteiger partial charge in [-0.25, -0.2) is 0 Å². The van der Waals surface area contributed by atoms with Gasteiger partial charge < -0.3 is 19.0 Å². The SMILES string of the molecule is O=C(CSc1nnc(N2CCOCC2)n1Cc1ccco1)N1CCCCC1. The third-order valence-corrected chi connectivity index (χ3v) is 5.87. The van der Waals surface area contributed by atoms with Crippen molar-refractivity contribution >= 4 is 23.6 Å².